The Bertz CT molecular complexity index is 1350. The van der Waals surface area contributed by atoms with E-state index >= 15 is 0 Å². The van der Waals surface area contributed by atoms with Gasteiger partial charge in [-0.15, -0.1) is 5.10 Å². The fraction of sp³-hybridized carbons (Fsp3) is 0.292. The second-order valence-electron chi connectivity index (χ2n) is 8.82. The van der Waals surface area contributed by atoms with E-state index in [1.165, 1.54) is 17.8 Å². The lowest BCUT2D eigenvalue weighted by molar-refractivity contribution is -0.164. The molecule has 0 unspecified atom stereocenters. The maximum absolute atomic E-state index is 13.7. The first-order chi connectivity index (χ1) is 16.8. The van der Waals surface area contributed by atoms with Gasteiger partial charge in [-0.25, -0.2) is 13.2 Å². The second kappa shape index (κ2) is 8.42. The molecule has 1 amide bonds. The molecule has 3 atom stereocenters. The van der Waals surface area contributed by atoms with E-state index in [1.807, 2.05) is 60.7 Å². The molecule has 0 radical (unpaired) electrons. The maximum atomic E-state index is 13.7. The van der Waals surface area contributed by atoms with Crippen molar-refractivity contribution in [1.82, 2.24) is 19.9 Å². The van der Waals surface area contributed by atoms with E-state index < -0.39 is 44.0 Å². The Labute approximate surface area is 201 Å². The SMILES string of the molecule is C[C@]1(Cn2cc(C=O)nn2)[C@H](C(=O)OC(c2ccccc2)c2ccccc2)N2C(=O)C[C@H]2S1(=O)=O. The van der Waals surface area contributed by atoms with Crippen molar-refractivity contribution in [2.45, 2.75) is 42.2 Å². The molecule has 0 aliphatic carbocycles. The van der Waals surface area contributed by atoms with Crippen LogP contribution in [0.15, 0.2) is 66.9 Å². The highest BCUT2D eigenvalue weighted by molar-refractivity contribution is 7.93. The van der Waals surface area contributed by atoms with Gasteiger partial charge in [0.05, 0.1) is 19.2 Å². The Morgan fingerprint density at radius 3 is 2.26 bits per heavy atom. The van der Waals surface area contributed by atoms with Crippen LogP contribution in [-0.2, 0) is 30.7 Å². The minimum absolute atomic E-state index is 0.0238. The number of hydrogen-bond donors (Lipinski definition) is 0. The van der Waals surface area contributed by atoms with E-state index in [-0.39, 0.29) is 18.7 Å². The predicted octanol–water partition coefficient (Wildman–Crippen LogP) is 1.54. The van der Waals surface area contributed by atoms with E-state index in [4.69, 9.17) is 4.74 Å². The van der Waals surface area contributed by atoms with E-state index in [0.717, 1.165) is 4.90 Å². The predicted molar refractivity (Wildman–Crippen MR) is 123 cm³/mol. The lowest BCUT2D eigenvalue weighted by atomic mass is 9.95. The Balaban J connectivity index is 1.54. The molecule has 0 N–H and O–H groups in total. The molecule has 0 bridgehead atoms. The van der Waals surface area contributed by atoms with Crippen molar-refractivity contribution in [1.29, 1.82) is 0 Å². The van der Waals surface area contributed by atoms with Gasteiger partial charge >= 0.3 is 5.97 Å². The van der Waals surface area contributed by atoms with Gasteiger partial charge in [0.2, 0.25) is 5.91 Å². The van der Waals surface area contributed by atoms with Gasteiger partial charge in [-0.1, -0.05) is 65.9 Å². The zero-order valence-electron chi connectivity index (χ0n) is 18.7. The maximum Gasteiger partial charge on any atom is 0.331 e. The highest BCUT2D eigenvalue weighted by atomic mass is 32.2. The van der Waals surface area contributed by atoms with Gasteiger partial charge in [0.1, 0.15) is 15.8 Å². The van der Waals surface area contributed by atoms with Gasteiger partial charge < -0.3 is 9.64 Å². The van der Waals surface area contributed by atoms with Crippen LogP contribution in [-0.4, -0.2) is 62.6 Å². The molecule has 2 fully saturated rings. The summed E-state index contributed by atoms with van der Waals surface area (Å²) >= 11 is 0. The number of rotatable bonds is 7. The standard InChI is InChI=1S/C24H22N4O6S/c1-24(15-27-13-18(14-29)25-26-27)22(28-19(30)12-20(28)35(24,32)33)23(31)34-21(16-8-4-2-5-9-16)17-10-6-3-7-11-17/h2-11,13-14,20-22H,12,15H2,1H3/t20-,22+,24+/m1/s1. The molecule has 5 rings (SSSR count). The second-order valence-corrected chi connectivity index (χ2v) is 11.4. The molecular formula is C24H22N4O6S. The van der Waals surface area contributed by atoms with Crippen molar-refractivity contribution in [3.63, 3.8) is 0 Å². The first-order valence-electron chi connectivity index (χ1n) is 11.0. The van der Waals surface area contributed by atoms with Gasteiger partial charge in [0, 0.05) is 0 Å². The highest BCUT2D eigenvalue weighted by Gasteiger charge is 2.70. The van der Waals surface area contributed by atoms with Crippen molar-refractivity contribution in [2.24, 2.45) is 0 Å². The Morgan fingerprint density at radius 1 is 1.14 bits per heavy atom. The molecule has 3 heterocycles. The third kappa shape index (κ3) is 3.63. The average Bonchev–Trinajstić information content (AvgIpc) is 3.36. The molecular weight excluding hydrogens is 472 g/mol. The highest BCUT2D eigenvalue weighted by Crippen LogP contribution is 2.47. The Hall–Kier alpha value is -3.86. The van der Waals surface area contributed by atoms with Crippen LogP contribution in [0.25, 0.3) is 0 Å². The summed E-state index contributed by atoms with van der Waals surface area (Å²) in [7, 11) is -3.99. The van der Waals surface area contributed by atoms with E-state index in [0.29, 0.717) is 17.4 Å². The van der Waals surface area contributed by atoms with Crippen molar-refractivity contribution < 1.29 is 27.5 Å². The number of nitrogens with zero attached hydrogens (tertiary/aromatic N) is 4. The lowest BCUT2D eigenvalue weighted by Crippen LogP contribution is -2.58. The number of fused-ring (bicyclic) bond motifs is 1. The fourth-order valence-corrected chi connectivity index (χ4v) is 7.16. The number of carbonyl (C=O) groups is 3. The largest absolute Gasteiger partial charge is 0.451 e. The van der Waals surface area contributed by atoms with Crippen LogP contribution in [0.2, 0.25) is 0 Å². The summed E-state index contributed by atoms with van der Waals surface area (Å²) in [5.41, 5.74) is 1.43. The summed E-state index contributed by atoms with van der Waals surface area (Å²) in [6.45, 7) is 1.12. The number of hydrogen-bond acceptors (Lipinski definition) is 8. The minimum Gasteiger partial charge on any atom is -0.451 e. The topological polar surface area (TPSA) is 129 Å². The number of benzene rings is 2. The zero-order chi connectivity index (χ0) is 24.8. The van der Waals surface area contributed by atoms with Crippen LogP contribution in [0, 0.1) is 0 Å². The summed E-state index contributed by atoms with van der Waals surface area (Å²) < 4.78 is 32.4. The quantitative estimate of drug-likeness (QED) is 0.275. The number of esters is 1. The first kappa shape index (κ1) is 22.9. The van der Waals surface area contributed by atoms with Crippen LogP contribution in [0.1, 0.15) is 41.1 Å². The normalized spacial score (nSPS) is 24.6. The number of aldehydes is 1. The molecule has 2 aliphatic rings. The van der Waals surface area contributed by atoms with Gasteiger partial charge in [0.25, 0.3) is 0 Å². The Morgan fingerprint density at radius 2 is 1.74 bits per heavy atom. The van der Waals surface area contributed by atoms with Crippen molar-refractivity contribution in [2.75, 3.05) is 0 Å². The number of sulfone groups is 1. The molecule has 0 spiro atoms. The van der Waals surface area contributed by atoms with Crippen LogP contribution >= 0.6 is 0 Å². The van der Waals surface area contributed by atoms with E-state index in [1.54, 1.807) is 0 Å². The van der Waals surface area contributed by atoms with Gasteiger partial charge in [-0.05, 0) is 18.1 Å². The summed E-state index contributed by atoms with van der Waals surface area (Å²) in [5, 5.41) is 6.38. The minimum atomic E-state index is -3.99. The molecule has 35 heavy (non-hydrogen) atoms. The molecule has 180 valence electrons. The molecule has 2 saturated heterocycles. The fourth-order valence-electron chi connectivity index (χ4n) is 4.80. The number of aromatic nitrogens is 3. The number of carbonyl (C=O) groups excluding carboxylic acids is 3. The van der Waals surface area contributed by atoms with Crippen molar-refractivity contribution in [3.8, 4) is 0 Å². The molecule has 0 saturated carbocycles. The number of β-lactam (4-membered cyclic amide) rings is 1. The molecule has 3 aromatic rings. The van der Waals surface area contributed by atoms with Gasteiger partial charge in [-0.3, -0.25) is 14.3 Å². The monoisotopic (exact) mass is 494 g/mol. The van der Waals surface area contributed by atoms with E-state index in [9.17, 15) is 22.8 Å². The summed E-state index contributed by atoms with van der Waals surface area (Å²) in [4.78, 5) is 38.3. The Kier molecular flexibility index (Phi) is 5.51. The van der Waals surface area contributed by atoms with Crippen LogP contribution in [0.3, 0.4) is 0 Å². The number of amides is 1. The van der Waals surface area contributed by atoms with Crippen LogP contribution in [0.5, 0.6) is 0 Å². The molecule has 10 nitrogen and oxygen atoms in total. The summed E-state index contributed by atoms with van der Waals surface area (Å²) in [6, 6.07) is 16.8. The zero-order valence-corrected chi connectivity index (χ0v) is 19.5. The van der Waals surface area contributed by atoms with Crippen molar-refractivity contribution in [3.05, 3.63) is 83.7 Å². The number of ether oxygens (including phenoxy) is 1. The van der Waals surface area contributed by atoms with Gasteiger partial charge in [-0.2, -0.15) is 0 Å². The smallest absolute Gasteiger partial charge is 0.331 e. The van der Waals surface area contributed by atoms with Crippen LogP contribution < -0.4 is 0 Å². The molecule has 1 aromatic heterocycles. The third-order valence-corrected chi connectivity index (χ3v) is 9.39. The molecule has 11 heteroatoms. The average molecular weight is 495 g/mol. The van der Waals surface area contributed by atoms with Gasteiger partial charge in [0.15, 0.2) is 28.3 Å². The third-order valence-electron chi connectivity index (χ3n) is 6.63. The van der Waals surface area contributed by atoms with Crippen LogP contribution in [0.4, 0.5) is 0 Å². The first-order valence-corrected chi connectivity index (χ1v) is 12.5. The van der Waals surface area contributed by atoms with Crippen molar-refractivity contribution >= 4 is 28.0 Å². The summed E-state index contributed by atoms with van der Waals surface area (Å²) in [5.74, 6) is -1.27. The lowest BCUT2D eigenvalue weighted by Gasteiger charge is -2.37. The molecule has 2 aromatic carbocycles. The van der Waals surface area contributed by atoms with E-state index in [2.05, 4.69) is 10.3 Å². The molecule has 2 aliphatic heterocycles. The summed E-state index contributed by atoms with van der Waals surface area (Å²) in [6.07, 6.45) is 0.784.